The van der Waals surface area contributed by atoms with Crippen molar-refractivity contribution in [2.45, 2.75) is 19.4 Å². The molecule has 0 aliphatic heterocycles. The van der Waals surface area contributed by atoms with E-state index in [2.05, 4.69) is 0 Å². The molecule has 1 atom stereocenters. The molecule has 0 saturated heterocycles. The molecule has 0 spiro atoms. The van der Waals surface area contributed by atoms with Gasteiger partial charge in [-0.15, -0.1) is 0 Å². The smallest absolute Gasteiger partial charge is 0.337 e. The van der Waals surface area contributed by atoms with Gasteiger partial charge < -0.3 is 20.8 Å². The van der Waals surface area contributed by atoms with Crippen molar-refractivity contribution < 1.29 is 19.4 Å². The molecule has 6 heteroatoms. The van der Waals surface area contributed by atoms with Crippen LogP contribution in [0.15, 0.2) is 12.1 Å². The lowest BCUT2D eigenvalue weighted by atomic mass is 10.1. The fraction of sp³-hybridized carbons (Fsp3) is 0.417. The van der Waals surface area contributed by atoms with E-state index >= 15 is 0 Å². The highest BCUT2D eigenvalue weighted by Crippen LogP contribution is 2.25. The van der Waals surface area contributed by atoms with Crippen molar-refractivity contribution in [1.29, 1.82) is 0 Å². The largest absolute Gasteiger partial charge is 0.478 e. The minimum Gasteiger partial charge on any atom is -0.478 e. The van der Waals surface area contributed by atoms with E-state index in [1.807, 2.05) is 0 Å². The Bertz CT molecular complexity index is 449. The van der Waals surface area contributed by atoms with Gasteiger partial charge in [-0.05, 0) is 25.5 Å². The van der Waals surface area contributed by atoms with Gasteiger partial charge in [0.2, 0.25) is 0 Å². The number of aliphatic hydroxyl groups is 1. The maximum atomic E-state index is 13.7. The zero-order valence-corrected chi connectivity index (χ0v) is 10.4. The molecule has 1 rings (SSSR count). The van der Waals surface area contributed by atoms with E-state index < -0.39 is 17.9 Å². The highest BCUT2D eigenvalue weighted by Gasteiger charge is 2.15. The monoisotopic (exact) mass is 256 g/mol. The summed E-state index contributed by atoms with van der Waals surface area (Å²) in [5.74, 6) is -1.77. The summed E-state index contributed by atoms with van der Waals surface area (Å²) in [5.41, 5.74) is 5.36. The van der Waals surface area contributed by atoms with E-state index in [9.17, 15) is 9.18 Å². The zero-order valence-electron chi connectivity index (χ0n) is 10.4. The molecule has 0 amide bonds. The molecular weight excluding hydrogens is 239 g/mol. The first-order valence-corrected chi connectivity index (χ1v) is 5.54. The highest BCUT2D eigenvalue weighted by atomic mass is 19.1. The molecule has 1 aromatic carbocycles. The predicted octanol–water partition coefficient (Wildman–Crippen LogP) is 1.31. The Morgan fingerprint density at radius 1 is 1.56 bits per heavy atom. The number of nitrogens with two attached hydrogens (primary N) is 1. The average molecular weight is 256 g/mol. The maximum absolute atomic E-state index is 13.7. The summed E-state index contributed by atoms with van der Waals surface area (Å²) in [6.07, 6.45) is -0.0360. The predicted molar refractivity (Wildman–Crippen MR) is 67.3 cm³/mol. The number of halogens is 1. The molecule has 5 nitrogen and oxygen atoms in total. The fourth-order valence-corrected chi connectivity index (χ4v) is 1.56. The van der Waals surface area contributed by atoms with E-state index in [0.29, 0.717) is 13.0 Å². The maximum Gasteiger partial charge on any atom is 0.337 e. The van der Waals surface area contributed by atoms with Gasteiger partial charge in [0, 0.05) is 19.3 Å². The van der Waals surface area contributed by atoms with Crippen LogP contribution in [0.4, 0.5) is 15.8 Å². The number of nitrogens with zero attached hydrogens (tertiary/aromatic N) is 1. The van der Waals surface area contributed by atoms with Crippen molar-refractivity contribution in [2.24, 2.45) is 0 Å². The minimum atomic E-state index is -1.20. The lowest BCUT2D eigenvalue weighted by Gasteiger charge is -2.21. The van der Waals surface area contributed by atoms with Gasteiger partial charge in [0.05, 0.1) is 17.4 Å². The molecule has 0 aliphatic carbocycles. The first-order chi connectivity index (χ1) is 8.32. The van der Waals surface area contributed by atoms with Crippen LogP contribution in [-0.4, -0.2) is 35.9 Å². The van der Waals surface area contributed by atoms with Crippen LogP contribution in [0, 0.1) is 5.82 Å². The van der Waals surface area contributed by atoms with Crippen LogP contribution in [0.2, 0.25) is 0 Å². The van der Waals surface area contributed by atoms with Crippen molar-refractivity contribution in [3.05, 3.63) is 23.5 Å². The van der Waals surface area contributed by atoms with Crippen molar-refractivity contribution in [3.63, 3.8) is 0 Å². The number of nitrogen functional groups attached to an aromatic ring is 1. The Hall–Kier alpha value is -1.82. The second kappa shape index (κ2) is 5.68. The molecule has 0 radical (unpaired) electrons. The van der Waals surface area contributed by atoms with Crippen molar-refractivity contribution in [1.82, 2.24) is 0 Å². The molecule has 1 unspecified atom stereocenters. The number of aromatic carboxylic acids is 1. The van der Waals surface area contributed by atoms with Gasteiger partial charge in [0.25, 0.3) is 0 Å². The van der Waals surface area contributed by atoms with Crippen LogP contribution in [0.1, 0.15) is 23.7 Å². The first kappa shape index (κ1) is 14.2. The summed E-state index contributed by atoms with van der Waals surface area (Å²) in [5, 5.41) is 18.1. The molecule has 4 N–H and O–H groups in total. The lowest BCUT2D eigenvalue weighted by molar-refractivity contribution is 0.0698. The first-order valence-electron chi connectivity index (χ1n) is 5.54. The van der Waals surface area contributed by atoms with Gasteiger partial charge in [-0.2, -0.15) is 0 Å². The molecule has 1 aromatic rings. The number of aliphatic hydroxyl groups excluding tert-OH is 1. The van der Waals surface area contributed by atoms with E-state index in [-0.39, 0.29) is 16.9 Å². The normalized spacial score (nSPS) is 12.2. The molecule has 0 bridgehead atoms. The molecule has 100 valence electrons. The number of hydrogen-bond acceptors (Lipinski definition) is 4. The Morgan fingerprint density at radius 3 is 2.67 bits per heavy atom. The van der Waals surface area contributed by atoms with E-state index in [1.165, 1.54) is 6.07 Å². The fourth-order valence-electron chi connectivity index (χ4n) is 1.56. The van der Waals surface area contributed by atoms with Gasteiger partial charge in [-0.1, -0.05) is 0 Å². The average Bonchev–Trinajstić information content (AvgIpc) is 2.25. The van der Waals surface area contributed by atoms with Crippen LogP contribution in [0.5, 0.6) is 0 Å². The molecule has 0 aromatic heterocycles. The number of rotatable bonds is 5. The lowest BCUT2D eigenvalue weighted by Crippen LogP contribution is -2.23. The van der Waals surface area contributed by atoms with Gasteiger partial charge in [-0.25, -0.2) is 9.18 Å². The SMILES string of the molecule is CC(O)CCN(C)c1cc(C(=O)O)c(N)cc1F. The molecule has 0 heterocycles. The van der Waals surface area contributed by atoms with E-state index in [1.54, 1.807) is 18.9 Å². The van der Waals surface area contributed by atoms with Crippen molar-refractivity contribution in [2.75, 3.05) is 24.2 Å². The van der Waals surface area contributed by atoms with Crippen LogP contribution >= 0.6 is 0 Å². The Kier molecular flexibility index (Phi) is 4.49. The quantitative estimate of drug-likeness (QED) is 0.691. The van der Waals surface area contributed by atoms with Crippen LogP contribution in [0.3, 0.4) is 0 Å². The Labute approximate surface area is 105 Å². The third-order valence-electron chi connectivity index (χ3n) is 2.64. The summed E-state index contributed by atoms with van der Waals surface area (Å²) >= 11 is 0. The Morgan fingerprint density at radius 2 is 2.17 bits per heavy atom. The second-order valence-corrected chi connectivity index (χ2v) is 4.26. The van der Waals surface area contributed by atoms with Gasteiger partial charge in [0.15, 0.2) is 0 Å². The molecule has 0 fully saturated rings. The van der Waals surface area contributed by atoms with Crippen molar-refractivity contribution >= 4 is 17.3 Å². The minimum absolute atomic E-state index is 0.104. The van der Waals surface area contributed by atoms with Crippen LogP contribution < -0.4 is 10.6 Å². The number of carbonyl (C=O) groups is 1. The summed E-state index contributed by atoms with van der Waals surface area (Å²) in [6, 6.07) is 2.20. The van der Waals surface area contributed by atoms with Gasteiger partial charge >= 0.3 is 5.97 Å². The van der Waals surface area contributed by atoms with Gasteiger partial charge in [0.1, 0.15) is 5.82 Å². The molecule has 18 heavy (non-hydrogen) atoms. The zero-order chi connectivity index (χ0) is 13.9. The highest BCUT2D eigenvalue weighted by molar-refractivity contribution is 5.95. The summed E-state index contributed by atoms with van der Waals surface area (Å²) in [7, 11) is 1.63. The summed E-state index contributed by atoms with van der Waals surface area (Å²) in [4.78, 5) is 12.5. The number of hydrogen-bond donors (Lipinski definition) is 3. The molecular formula is C12H17FN2O3. The van der Waals surface area contributed by atoms with Gasteiger partial charge in [-0.3, -0.25) is 0 Å². The summed E-state index contributed by atoms with van der Waals surface area (Å²) < 4.78 is 13.7. The third-order valence-corrected chi connectivity index (χ3v) is 2.64. The topological polar surface area (TPSA) is 86.8 Å². The number of carboxylic acids is 1. The number of benzene rings is 1. The third kappa shape index (κ3) is 3.33. The Balaban J connectivity index is 3.01. The van der Waals surface area contributed by atoms with Crippen LogP contribution in [0.25, 0.3) is 0 Å². The molecule has 0 saturated carbocycles. The van der Waals surface area contributed by atoms with Crippen LogP contribution in [-0.2, 0) is 0 Å². The van der Waals surface area contributed by atoms with Crippen molar-refractivity contribution in [3.8, 4) is 0 Å². The number of anilines is 2. The number of carboxylic acid groups (broad SMARTS) is 1. The molecule has 0 aliphatic rings. The second-order valence-electron chi connectivity index (χ2n) is 4.26. The van der Waals surface area contributed by atoms with E-state index in [0.717, 1.165) is 6.07 Å². The summed E-state index contributed by atoms with van der Waals surface area (Å²) in [6.45, 7) is 2.05. The van der Waals surface area contributed by atoms with E-state index in [4.69, 9.17) is 15.9 Å². The standard InChI is InChI=1S/C12H17FN2O3/c1-7(16)3-4-15(2)11-5-8(12(17)18)10(14)6-9(11)13/h5-7,16H,3-4,14H2,1-2H3,(H,17,18).